The van der Waals surface area contributed by atoms with Gasteiger partial charge >= 0.3 is 0 Å². The highest BCUT2D eigenvalue weighted by atomic mass is 16.3. The lowest BCUT2D eigenvalue weighted by molar-refractivity contribution is -0.116. The van der Waals surface area contributed by atoms with Gasteiger partial charge in [-0.15, -0.1) is 0 Å². The standard InChI is InChI=1S/C23H20N2O/c24-15-18-11-13-21(14-12-18)23(26)16-25(17-23)22(19-7-3-1-4-8-19)20-9-5-2-6-10-20/h1-14,22,26H,16-17H2. The first-order valence-corrected chi connectivity index (χ1v) is 8.77. The van der Waals surface area contributed by atoms with E-state index in [2.05, 4.69) is 59.5 Å². The zero-order valence-corrected chi connectivity index (χ0v) is 14.4. The average Bonchev–Trinajstić information content (AvgIpc) is 2.68. The van der Waals surface area contributed by atoms with E-state index >= 15 is 0 Å². The minimum absolute atomic E-state index is 0.121. The number of β-amino-alcohol motifs (C(OH)–C–C–N with tert-alkyl or cyclic N) is 1. The van der Waals surface area contributed by atoms with Crippen molar-refractivity contribution in [2.24, 2.45) is 0 Å². The SMILES string of the molecule is N#Cc1ccc(C2(O)CN(C(c3ccccc3)c3ccccc3)C2)cc1. The van der Waals surface area contributed by atoms with Crippen molar-refractivity contribution in [3.05, 3.63) is 107 Å². The van der Waals surface area contributed by atoms with E-state index in [0.29, 0.717) is 18.7 Å². The second kappa shape index (κ2) is 6.76. The van der Waals surface area contributed by atoms with Crippen LogP contribution in [-0.4, -0.2) is 23.1 Å². The fourth-order valence-electron chi connectivity index (χ4n) is 3.73. The summed E-state index contributed by atoms with van der Waals surface area (Å²) < 4.78 is 0. The lowest BCUT2D eigenvalue weighted by atomic mass is 9.82. The van der Waals surface area contributed by atoms with E-state index in [4.69, 9.17) is 5.26 Å². The first-order chi connectivity index (χ1) is 12.7. The Hall–Kier alpha value is -2.93. The van der Waals surface area contributed by atoms with Crippen LogP contribution >= 0.6 is 0 Å². The van der Waals surface area contributed by atoms with Crippen LogP contribution in [-0.2, 0) is 5.60 Å². The highest BCUT2D eigenvalue weighted by Crippen LogP contribution is 2.40. The van der Waals surface area contributed by atoms with Gasteiger partial charge in [-0.25, -0.2) is 0 Å². The minimum Gasteiger partial charge on any atom is -0.382 e. The smallest absolute Gasteiger partial charge is 0.115 e. The average molecular weight is 340 g/mol. The summed E-state index contributed by atoms with van der Waals surface area (Å²) >= 11 is 0. The molecule has 1 N–H and O–H groups in total. The third-order valence-corrected chi connectivity index (χ3v) is 5.08. The molecule has 0 spiro atoms. The molecule has 26 heavy (non-hydrogen) atoms. The lowest BCUT2D eigenvalue weighted by Gasteiger charge is -2.50. The van der Waals surface area contributed by atoms with Crippen LogP contribution in [0.3, 0.4) is 0 Å². The van der Waals surface area contributed by atoms with Crippen LogP contribution in [0.25, 0.3) is 0 Å². The molecule has 4 rings (SSSR count). The Morgan fingerprint density at radius 2 is 1.31 bits per heavy atom. The molecule has 3 aromatic carbocycles. The molecule has 1 heterocycles. The summed E-state index contributed by atoms with van der Waals surface area (Å²) in [6.07, 6.45) is 0. The third kappa shape index (κ3) is 3.01. The highest BCUT2D eigenvalue weighted by Gasteiger charge is 2.45. The van der Waals surface area contributed by atoms with E-state index in [0.717, 1.165) is 5.56 Å². The summed E-state index contributed by atoms with van der Waals surface area (Å²) in [5.41, 5.74) is 3.06. The van der Waals surface area contributed by atoms with Crippen molar-refractivity contribution in [2.45, 2.75) is 11.6 Å². The molecule has 0 saturated carbocycles. The molecule has 0 aromatic heterocycles. The number of aliphatic hydroxyl groups is 1. The van der Waals surface area contributed by atoms with Gasteiger partial charge in [0.2, 0.25) is 0 Å². The summed E-state index contributed by atoms with van der Waals surface area (Å²) in [7, 11) is 0. The number of likely N-dealkylation sites (tertiary alicyclic amines) is 1. The van der Waals surface area contributed by atoms with Crippen LogP contribution in [0.4, 0.5) is 0 Å². The molecule has 0 aliphatic carbocycles. The normalized spacial score (nSPS) is 16.0. The van der Waals surface area contributed by atoms with Crippen molar-refractivity contribution in [1.29, 1.82) is 5.26 Å². The molecule has 1 aliphatic heterocycles. The molecule has 3 nitrogen and oxygen atoms in total. The van der Waals surface area contributed by atoms with Gasteiger partial charge in [-0.1, -0.05) is 72.8 Å². The van der Waals surface area contributed by atoms with E-state index in [1.54, 1.807) is 12.1 Å². The van der Waals surface area contributed by atoms with Crippen LogP contribution < -0.4 is 0 Å². The fraction of sp³-hybridized carbons (Fsp3) is 0.174. The summed E-state index contributed by atoms with van der Waals surface area (Å²) in [5.74, 6) is 0. The summed E-state index contributed by atoms with van der Waals surface area (Å²) in [6, 6.07) is 30.3. The van der Waals surface area contributed by atoms with Crippen molar-refractivity contribution >= 4 is 0 Å². The zero-order chi connectivity index (χ0) is 18.0. The third-order valence-electron chi connectivity index (χ3n) is 5.08. The Bertz CT molecular complexity index is 868. The molecule has 1 fully saturated rings. The number of benzene rings is 3. The maximum Gasteiger partial charge on any atom is 0.115 e. The number of nitriles is 1. The molecule has 0 bridgehead atoms. The van der Waals surface area contributed by atoms with Gasteiger partial charge in [-0.3, -0.25) is 4.90 Å². The van der Waals surface area contributed by atoms with Crippen molar-refractivity contribution in [3.8, 4) is 6.07 Å². The van der Waals surface area contributed by atoms with Crippen molar-refractivity contribution in [1.82, 2.24) is 4.90 Å². The summed E-state index contributed by atoms with van der Waals surface area (Å²) in [6.45, 7) is 1.13. The molecule has 1 aliphatic rings. The molecule has 3 heteroatoms. The quantitative estimate of drug-likeness (QED) is 0.785. The molecule has 3 aromatic rings. The Morgan fingerprint density at radius 3 is 1.77 bits per heavy atom. The van der Waals surface area contributed by atoms with Gasteiger partial charge in [0.1, 0.15) is 5.60 Å². The van der Waals surface area contributed by atoms with Crippen molar-refractivity contribution in [3.63, 3.8) is 0 Å². The number of nitrogens with zero attached hydrogens (tertiary/aromatic N) is 2. The number of hydrogen-bond acceptors (Lipinski definition) is 3. The van der Waals surface area contributed by atoms with Gasteiger partial charge in [0.25, 0.3) is 0 Å². The molecular weight excluding hydrogens is 320 g/mol. The summed E-state index contributed by atoms with van der Waals surface area (Å²) in [5, 5.41) is 20.0. The summed E-state index contributed by atoms with van der Waals surface area (Å²) in [4.78, 5) is 2.29. The molecule has 128 valence electrons. The predicted molar refractivity (Wildman–Crippen MR) is 101 cm³/mol. The van der Waals surface area contributed by atoms with Crippen LogP contribution in [0.1, 0.15) is 28.3 Å². The van der Waals surface area contributed by atoms with Crippen LogP contribution in [0.15, 0.2) is 84.9 Å². The molecule has 0 radical (unpaired) electrons. The Kier molecular flexibility index (Phi) is 4.30. The van der Waals surface area contributed by atoms with Gasteiger partial charge in [-0.05, 0) is 28.8 Å². The zero-order valence-electron chi connectivity index (χ0n) is 14.4. The molecule has 0 amide bonds. The lowest BCUT2D eigenvalue weighted by Crippen LogP contribution is -2.60. The first-order valence-electron chi connectivity index (χ1n) is 8.77. The van der Waals surface area contributed by atoms with E-state index in [-0.39, 0.29) is 6.04 Å². The maximum atomic E-state index is 11.0. The van der Waals surface area contributed by atoms with Crippen molar-refractivity contribution in [2.75, 3.05) is 13.1 Å². The first kappa shape index (κ1) is 16.5. The number of hydrogen-bond donors (Lipinski definition) is 1. The van der Waals surface area contributed by atoms with Gasteiger partial charge < -0.3 is 5.11 Å². The van der Waals surface area contributed by atoms with E-state index in [1.807, 2.05) is 24.3 Å². The maximum absolute atomic E-state index is 11.0. The molecule has 0 unspecified atom stereocenters. The Morgan fingerprint density at radius 1 is 0.808 bits per heavy atom. The Balaban J connectivity index is 1.60. The minimum atomic E-state index is -0.865. The van der Waals surface area contributed by atoms with Crippen molar-refractivity contribution < 1.29 is 5.11 Å². The molecule has 0 atom stereocenters. The van der Waals surface area contributed by atoms with Gasteiger partial charge in [-0.2, -0.15) is 5.26 Å². The number of rotatable bonds is 4. The largest absolute Gasteiger partial charge is 0.382 e. The van der Waals surface area contributed by atoms with Crippen LogP contribution in [0, 0.1) is 11.3 Å². The van der Waals surface area contributed by atoms with Gasteiger partial charge in [0.05, 0.1) is 17.7 Å². The Labute approximate surface area is 153 Å². The highest BCUT2D eigenvalue weighted by molar-refractivity contribution is 5.38. The van der Waals surface area contributed by atoms with E-state index < -0.39 is 5.60 Å². The fourth-order valence-corrected chi connectivity index (χ4v) is 3.73. The second-order valence-electron chi connectivity index (χ2n) is 6.85. The van der Waals surface area contributed by atoms with Gasteiger partial charge in [0.15, 0.2) is 0 Å². The second-order valence-corrected chi connectivity index (χ2v) is 6.85. The monoisotopic (exact) mass is 340 g/mol. The van der Waals surface area contributed by atoms with Gasteiger partial charge in [0, 0.05) is 13.1 Å². The van der Waals surface area contributed by atoms with Crippen LogP contribution in [0.2, 0.25) is 0 Å². The van der Waals surface area contributed by atoms with E-state index in [1.165, 1.54) is 11.1 Å². The molecule has 1 saturated heterocycles. The topological polar surface area (TPSA) is 47.3 Å². The predicted octanol–water partition coefficient (Wildman–Crippen LogP) is 3.85. The van der Waals surface area contributed by atoms with Crippen LogP contribution in [0.5, 0.6) is 0 Å². The van der Waals surface area contributed by atoms with E-state index in [9.17, 15) is 5.11 Å². The molecular formula is C23H20N2O.